The number of amides is 1. The molecule has 140 valence electrons. The van der Waals surface area contributed by atoms with Crippen LogP contribution in [0.4, 0.5) is 5.69 Å². The molecule has 4 aromatic rings. The van der Waals surface area contributed by atoms with E-state index in [4.69, 9.17) is 4.98 Å². The number of imidazole rings is 1. The van der Waals surface area contributed by atoms with Crippen molar-refractivity contribution in [2.24, 2.45) is 0 Å². The van der Waals surface area contributed by atoms with Gasteiger partial charge in [0.15, 0.2) is 0 Å². The Balaban J connectivity index is 1.70. The maximum atomic E-state index is 12.9. The topological polar surface area (TPSA) is 46.9 Å². The normalized spacial score (nSPS) is 10.9. The van der Waals surface area contributed by atoms with E-state index >= 15 is 0 Å². The van der Waals surface area contributed by atoms with Crippen LogP contribution in [0.1, 0.15) is 18.1 Å². The molecule has 0 aliphatic carbocycles. The minimum absolute atomic E-state index is 0.0579. The van der Waals surface area contributed by atoms with Crippen molar-refractivity contribution in [3.8, 4) is 11.4 Å². The molecule has 0 unspecified atom stereocenters. The first-order valence-electron chi connectivity index (χ1n) is 9.56. The third-order valence-corrected chi connectivity index (χ3v) is 4.94. The molecule has 28 heavy (non-hydrogen) atoms. The molecule has 1 N–H and O–H groups in total. The van der Waals surface area contributed by atoms with Gasteiger partial charge in [0.25, 0.3) is 0 Å². The number of aromatic nitrogens is 2. The fourth-order valence-corrected chi connectivity index (χ4v) is 3.44. The van der Waals surface area contributed by atoms with Gasteiger partial charge in [0.1, 0.15) is 12.4 Å². The number of benzene rings is 3. The summed E-state index contributed by atoms with van der Waals surface area (Å²) in [5, 5.41) is 3.06. The van der Waals surface area contributed by atoms with E-state index in [0.717, 1.165) is 40.1 Å². The monoisotopic (exact) mass is 369 g/mol. The highest BCUT2D eigenvalue weighted by molar-refractivity contribution is 5.93. The average Bonchev–Trinajstić information content (AvgIpc) is 3.07. The Kier molecular flexibility index (Phi) is 4.94. The van der Waals surface area contributed by atoms with Crippen LogP contribution in [-0.4, -0.2) is 15.5 Å². The van der Waals surface area contributed by atoms with Gasteiger partial charge in [-0.3, -0.25) is 4.79 Å². The highest BCUT2D eigenvalue weighted by Gasteiger charge is 2.15. The SMILES string of the molecule is CCc1ccccc1NC(=O)Cn1c(-c2ccc(C)cc2)nc2ccccc21. The van der Waals surface area contributed by atoms with Gasteiger partial charge in [-0.15, -0.1) is 0 Å². The quantitative estimate of drug-likeness (QED) is 0.525. The minimum atomic E-state index is -0.0579. The third kappa shape index (κ3) is 3.54. The highest BCUT2D eigenvalue weighted by Crippen LogP contribution is 2.25. The first-order valence-corrected chi connectivity index (χ1v) is 9.56. The molecule has 4 nitrogen and oxygen atoms in total. The summed E-state index contributed by atoms with van der Waals surface area (Å²) in [7, 11) is 0. The largest absolute Gasteiger partial charge is 0.324 e. The number of hydrogen-bond acceptors (Lipinski definition) is 2. The lowest BCUT2D eigenvalue weighted by Crippen LogP contribution is -2.20. The number of fused-ring (bicyclic) bond motifs is 1. The molecule has 0 aliphatic heterocycles. The zero-order valence-electron chi connectivity index (χ0n) is 16.1. The fourth-order valence-electron chi connectivity index (χ4n) is 3.44. The van der Waals surface area contributed by atoms with Gasteiger partial charge in [0.05, 0.1) is 11.0 Å². The number of hydrogen-bond donors (Lipinski definition) is 1. The lowest BCUT2D eigenvalue weighted by atomic mass is 10.1. The van der Waals surface area contributed by atoms with Gasteiger partial charge in [-0.1, -0.05) is 67.1 Å². The van der Waals surface area contributed by atoms with Crippen molar-refractivity contribution in [2.45, 2.75) is 26.8 Å². The summed E-state index contributed by atoms with van der Waals surface area (Å²) < 4.78 is 1.99. The zero-order valence-corrected chi connectivity index (χ0v) is 16.1. The van der Waals surface area contributed by atoms with Crippen LogP contribution < -0.4 is 5.32 Å². The highest BCUT2D eigenvalue weighted by atomic mass is 16.1. The van der Waals surface area contributed by atoms with Crippen molar-refractivity contribution in [3.05, 3.63) is 83.9 Å². The second-order valence-electron chi connectivity index (χ2n) is 6.94. The summed E-state index contributed by atoms with van der Waals surface area (Å²) in [6, 6.07) is 24.1. The van der Waals surface area contributed by atoms with E-state index in [1.165, 1.54) is 5.56 Å². The van der Waals surface area contributed by atoms with E-state index in [1.54, 1.807) is 0 Å². The molecule has 3 aromatic carbocycles. The number of anilines is 1. The van der Waals surface area contributed by atoms with E-state index in [1.807, 2.05) is 53.1 Å². The van der Waals surface area contributed by atoms with Gasteiger partial charge in [0, 0.05) is 11.3 Å². The van der Waals surface area contributed by atoms with Gasteiger partial charge in [0.2, 0.25) is 5.91 Å². The number of para-hydroxylation sites is 3. The van der Waals surface area contributed by atoms with Crippen LogP contribution in [-0.2, 0) is 17.8 Å². The van der Waals surface area contributed by atoms with Crippen LogP contribution >= 0.6 is 0 Å². The summed E-state index contributed by atoms with van der Waals surface area (Å²) in [6.07, 6.45) is 0.874. The lowest BCUT2D eigenvalue weighted by Gasteiger charge is -2.12. The number of aryl methyl sites for hydroxylation is 2. The first-order chi connectivity index (χ1) is 13.7. The van der Waals surface area contributed by atoms with E-state index < -0.39 is 0 Å². The summed E-state index contributed by atoms with van der Waals surface area (Å²) >= 11 is 0. The van der Waals surface area contributed by atoms with Gasteiger partial charge in [-0.05, 0) is 37.1 Å². The Morgan fingerprint density at radius 2 is 1.68 bits per heavy atom. The fraction of sp³-hybridized carbons (Fsp3) is 0.167. The molecular formula is C24H23N3O. The van der Waals surface area contributed by atoms with Crippen LogP contribution in [0.25, 0.3) is 22.4 Å². The molecule has 4 heteroatoms. The lowest BCUT2D eigenvalue weighted by molar-refractivity contribution is -0.116. The predicted octanol–water partition coefficient (Wildman–Crippen LogP) is 5.21. The maximum absolute atomic E-state index is 12.9. The molecular weight excluding hydrogens is 346 g/mol. The summed E-state index contributed by atoms with van der Waals surface area (Å²) in [6.45, 7) is 4.36. The Morgan fingerprint density at radius 3 is 2.46 bits per heavy atom. The molecule has 0 spiro atoms. The van der Waals surface area contributed by atoms with Crippen LogP contribution in [0.3, 0.4) is 0 Å². The molecule has 0 aliphatic rings. The average molecular weight is 369 g/mol. The summed E-state index contributed by atoms with van der Waals surface area (Å²) in [5.74, 6) is 0.748. The van der Waals surface area contributed by atoms with Crippen molar-refractivity contribution in [1.82, 2.24) is 9.55 Å². The van der Waals surface area contributed by atoms with Crippen molar-refractivity contribution in [3.63, 3.8) is 0 Å². The Bertz CT molecular complexity index is 1130. The summed E-state index contributed by atoms with van der Waals surface area (Å²) in [4.78, 5) is 17.7. The van der Waals surface area contributed by atoms with Crippen LogP contribution in [0.5, 0.6) is 0 Å². The van der Waals surface area contributed by atoms with Gasteiger partial charge < -0.3 is 9.88 Å². The van der Waals surface area contributed by atoms with Crippen LogP contribution in [0.2, 0.25) is 0 Å². The smallest absolute Gasteiger partial charge is 0.244 e. The molecule has 0 radical (unpaired) electrons. The van der Waals surface area contributed by atoms with Crippen LogP contribution in [0.15, 0.2) is 72.8 Å². The number of nitrogens with zero attached hydrogens (tertiary/aromatic N) is 2. The van der Waals surface area contributed by atoms with Gasteiger partial charge in [-0.2, -0.15) is 0 Å². The molecule has 0 saturated carbocycles. The molecule has 0 bridgehead atoms. The maximum Gasteiger partial charge on any atom is 0.244 e. The Morgan fingerprint density at radius 1 is 0.964 bits per heavy atom. The third-order valence-electron chi connectivity index (χ3n) is 4.94. The predicted molar refractivity (Wildman–Crippen MR) is 114 cm³/mol. The van der Waals surface area contributed by atoms with E-state index in [0.29, 0.717) is 0 Å². The second-order valence-corrected chi connectivity index (χ2v) is 6.94. The Hall–Kier alpha value is -3.40. The van der Waals surface area contributed by atoms with Crippen LogP contribution in [0, 0.1) is 6.92 Å². The van der Waals surface area contributed by atoms with Crippen molar-refractivity contribution in [2.75, 3.05) is 5.32 Å². The van der Waals surface area contributed by atoms with E-state index in [-0.39, 0.29) is 12.5 Å². The first kappa shape index (κ1) is 18.0. The molecule has 0 fully saturated rings. The summed E-state index contributed by atoms with van der Waals surface area (Å²) in [5.41, 5.74) is 6.04. The molecule has 1 heterocycles. The van der Waals surface area contributed by atoms with Crippen molar-refractivity contribution in [1.29, 1.82) is 0 Å². The molecule has 0 saturated heterocycles. The number of carbonyl (C=O) groups excluding carboxylic acids is 1. The molecule has 1 amide bonds. The zero-order chi connectivity index (χ0) is 19.5. The minimum Gasteiger partial charge on any atom is -0.324 e. The Labute approximate surface area is 164 Å². The van der Waals surface area contributed by atoms with E-state index in [2.05, 4.69) is 43.4 Å². The molecule has 4 rings (SSSR count). The van der Waals surface area contributed by atoms with Crippen molar-refractivity contribution >= 4 is 22.6 Å². The van der Waals surface area contributed by atoms with Gasteiger partial charge >= 0.3 is 0 Å². The number of carbonyl (C=O) groups is 1. The second kappa shape index (κ2) is 7.69. The van der Waals surface area contributed by atoms with E-state index in [9.17, 15) is 4.79 Å². The number of rotatable bonds is 5. The van der Waals surface area contributed by atoms with Gasteiger partial charge in [-0.25, -0.2) is 4.98 Å². The molecule has 0 atom stereocenters. The molecule has 1 aromatic heterocycles. The number of nitrogens with one attached hydrogen (secondary N) is 1. The standard InChI is InChI=1S/C24H23N3O/c1-3-18-8-4-5-9-20(18)25-23(28)16-27-22-11-7-6-10-21(22)26-24(27)19-14-12-17(2)13-15-19/h4-15H,3,16H2,1-2H3,(H,25,28). The van der Waals surface area contributed by atoms with Crippen molar-refractivity contribution < 1.29 is 4.79 Å².